The fourth-order valence-corrected chi connectivity index (χ4v) is 5.30. The topological polar surface area (TPSA) is 137 Å². The molecule has 1 spiro atoms. The van der Waals surface area contributed by atoms with Gasteiger partial charge < -0.3 is 30.2 Å². The number of hydrogen-bond acceptors (Lipinski definition) is 7. The molecule has 5 rings (SSSR count). The number of rotatable bonds is 0. The second-order valence-electron chi connectivity index (χ2n) is 7.32. The van der Waals surface area contributed by atoms with E-state index in [4.69, 9.17) is 20.1 Å². The Balaban J connectivity index is 0.000000385. The van der Waals surface area contributed by atoms with Gasteiger partial charge in [-0.2, -0.15) is 0 Å². The van der Waals surface area contributed by atoms with Crippen molar-refractivity contribution in [3.05, 3.63) is 39.5 Å². The van der Waals surface area contributed by atoms with Crippen molar-refractivity contribution in [1.29, 1.82) is 0 Å². The highest BCUT2D eigenvalue weighted by Gasteiger charge is 2.64. The van der Waals surface area contributed by atoms with E-state index in [9.17, 15) is 15.3 Å². The van der Waals surface area contributed by atoms with Crippen molar-refractivity contribution in [2.75, 3.05) is 13.6 Å². The molecule has 4 N–H and O–H groups in total. The maximum atomic E-state index is 10.4. The predicted octanol–water partition coefficient (Wildman–Crippen LogP) is 0.556. The molecule has 2 heterocycles. The van der Waals surface area contributed by atoms with Crippen molar-refractivity contribution < 1.29 is 30.4 Å². The fourth-order valence-electron chi connectivity index (χ4n) is 5.30. The number of phenols is 2. The quantitative estimate of drug-likeness (QED) is 0.298. The van der Waals surface area contributed by atoms with Crippen molar-refractivity contribution in [3.63, 3.8) is 0 Å². The largest absolute Gasteiger partial charge is 0.508 e. The Morgan fingerprint density at radius 2 is 2.04 bits per heavy atom. The molecular weight excluding hydrogens is 344 g/mol. The van der Waals surface area contributed by atoms with Gasteiger partial charge in [-0.15, -0.1) is 10.1 Å². The summed E-state index contributed by atoms with van der Waals surface area (Å²) in [4.78, 5) is 10.7. The van der Waals surface area contributed by atoms with Crippen molar-refractivity contribution in [1.82, 2.24) is 4.90 Å². The third-order valence-corrected chi connectivity index (χ3v) is 6.25. The molecule has 0 radical (unpaired) electrons. The zero-order valence-corrected chi connectivity index (χ0v) is 14.1. The van der Waals surface area contributed by atoms with Gasteiger partial charge in [-0.25, -0.2) is 0 Å². The first-order chi connectivity index (χ1) is 12.3. The van der Waals surface area contributed by atoms with Crippen molar-refractivity contribution in [2.24, 2.45) is 5.92 Å². The first-order valence-corrected chi connectivity index (χ1v) is 8.42. The molecule has 1 aromatic rings. The van der Waals surface area contributed by atoms with Gasteiger partial charge in [0.1, 0.15) is 18.0 Å². The highest BCUT2D eigenvalue weighted by atomic mass is 16.9. The summed E-state index contributed by atoms with van der Waals surface area (Å²) in [5.74, 6) is 0.828. The molecule has 1 fully saturated rings. The minimum Gasteiger partial charge on any atom is -0.508 e. The van der Waals surface area contributed by atoms with Gasteiger partial charge in [-0.05, 0) is 26.4 Å². The van der Waals surface area contributed by atoms with E-state index in [1.54, 1.807) is 0 Å². The molecule has 2 aliphatic heterocycles. The highest BCUT2D eigenvalue weighted by Crippen LogP contribution is 2.63. The van der Waals surface area contributed by atoms with Gasteiger partial charge in [0.05, 0.1) is 0 Å². The Kier molecular flexibility index (Phi) is 3.57. The van der Waals surface area contributed by atoms with Crippen molar-refractivity contribution >= 4 is 0 Å². The van der Waals surface area contributed by atoms with E-state index in [0.29, 0.717) is 5.75 Å². The first-order valence-electron chi connectivity index (χ1n) is 8.42. The van der Waals surface area contributed by atoms with Crippen molar-refractivity contribution in [2.45, 2.75) is 36.5 Å². The highest BCUT2D eigenvalue weighted by molar-refractivity contribution is 5.65. The van der Waals surface area contributed by atoms with Gasteiger partial charge in [0.25, 0.3) is 5.09 Å². The van der Waals surface area contributed by atoms with Crippen LogP contribution in [-0.2, 0) is 11.8 Å². The lowest BCUT2D eigenvalue weighted by atomic mass is 9.53. The molecule has 0 aromatic heterocycles. The van der Waals surface area contributed by atoms with E-state index >= 15 is 0 Å². The third-order valence-electron chi connectivity index (χ3n) is 6.25. The number of aromatic hydroxyl groups is 2. The van der Waals surface area contributed by atoms with Crippen LogP contribution in [0.15, 0.2) is 18.2 Å². The van der Waals surface area contributed by atoms with Gasteiger partial charge in [-0.1, -0.05) is 12.2 Å². The van der Waals surface area contributed by atoms with E-state index in [1.165, 1.54) is 6.07 Å². The number of likely N-dealkylation sites (N-methyl/N-ethyl adjacent to an activating group) is 1. The van der Waals surface area contributed by atoms with Crippen LogP contribution in [0.5, 0.6) is 17.2 Å². The van der Waals surface area contributed by atoms with E-state index < -0.39 is 11.2 Å². The Bertz CT molecular complexity index is 807. The van der Waals surface area contributed by atoms with Gasteiger partial charge in [0.15, 0.2) is 11.5 Å². The number of benzene rings is 1. The number of likely N-dealkylation sites (tertiary alicyclic amines) is 1. The van der Waals surface area contributed by atoms with E-state index in [0.717, 1.165) is 30.5 Å². The summed E-state index contributed by atoms with van der Waals surface area (Å²) >= 11 is 0. The van der Waals surface area contributed by atoms with Crippen LogP contribution in [0, 0.1) is 16.0 Å². The molecule has 2 aliphatic carbocycles. The van der Waals surface area contributed by atoms with Crippen LogP contribution in [0.2, 0.25) is 0 Å². The summed E-state index contributed by atoms with van der Waals surface area (Å²) in [6, 6.07) is 1.66. The Hall–Kier alpha value is -2.52. The van der Waals surface area contributed by atoms with Crippen LogP contribution in [0.3, 0.4) is 0 Å². The predicted molar refractivity (Wildman–Crippen MR) is 88.0 cm³/mol. The lowest BCUT2D eigenvalue weighted by Gasteiger charge is -2.56. The van der Waals surface area contributed by atoms with Crippen LogP contribution in [0.4, 0.5) is 0 Å². The molecular formula is C17H20N2O7. The Morgan fingerprint density at radius 3 is 2.73 bits per heavy atom. The normalized spacial score (nSPS) is 35.8. The van der Waals surface area contributed by atoms with Crippen LogP contribution < -0.4 is 4.74 Å². The molecule has 26 heavy (non-hydrogen) atoms. The van der Waals surface area contributed by atoms with E-state index in [2.05, 4.69) is 18.0 Å². The fraction of sp³-hybridized carbons (Fsp3) is 0.529. The smallest absolute Gasteiger partial charge is 0.291 e. The minimum absolute atomic E-state index is 0.0247. The van der Waals surface area contributed by atoms with Gasteiger partial charge in [0.2, 0.25) is 0 Å². The summed E-state index contributed by atoms with van der Waals surface area (Å²) in [6.45, 7) is 0.927. The van der Waals surface area contributed by atoms with E-state index in [1.807, 2.05) is 6.08 Å². The SMILES string of the molecule is CN1CC[C@]23c4c5c(O)cc(O)c4O[C@H]2[C@@H](O)C=C[C@H]3[C@H]1C5.O=[N+]([O-])O. The molecule has 0 unspecified atom stereocenters. The average Bonchev–Trinajstić information content (AvgIpc) is 2.90. The Morgan fingerprint density at radius 1 is 1.35 bits per heavy atom. The average molecular weight is 364 g/mol. The number of nitrogens with zero attached hydrogens (tertiary/aromatic N) is 2. The molecule has 0 saturated carbocycles. The maximum absolute atomic E-state index is 10.4. The summed E-state index contributed by atoms with van der Waals surface area (Å²) in [7, 11) is 2.12. The monoisotopic (exact) mass is 364 g/mol. The second kappa shape index (κ2) is 5.49. The van der Waals surface area contributed by atoms with Gasteiger partial charge >= 0.3 is 0 Å². The van der Waals surface area contributed by atoms with Crippen LogP contribution in [0.25, 0.3) is 0 Å². The maximum Gasteiger partial charge on any atom is 0.291 e. The van der Waals surface area contributed by atoms with Gasteiger partial charge in [0, 0.05) is 34.6 Å². The number of aliphatic hydroxyl groups excluding tert-OH is 1. The van der Waals surface area contributed by atoms with Crippen LogP contribution >= 0.6 is 0 Å². The molecule has 9 nitrogen and oxygen atoms in total. The van der Waals surface area contributed by atoms with Crippen LogP contribution in [0.1, 0.15) is 17.5 Å². The van der Waals surface area contributed by atoms with Gasteiger partial charge in [-0.3, -0.25) is 0 Å². The number of phenolic OH excluding ortho intramolecular Hbond substituents is 2. The molecule has 1 aromatic carbocycles. The summed E-state index contributed by atoms with van der Waals surface area (Å²) < 4.78 is 6.03. The first kappa shape index (κ1) is 16.9. The third kappa shape index (κ3) is 2.04. The van der Waals surface area contributed by atoms with E-state index in [-0.39, 0.29) is 35.0 Å². The molecule has 4 aliphatic rings. The summed E-state index contributed by atoms with van der Waals surface area (Å²) in [5.41, 5.74) is 1.49. The molecule has 2 bridgehead atoms. The molecule has 0 amide bonds. The minimum atomic E-state index is -1.50. The summed E-state index contributed by atoms with van der Waals surface area (Å²) in [6.07, 6.45) is 4.49. The lowest BCUT2D eigenvalue weighted by molar-refractivity contribution is -0.742. The number of aliphatic hydroxyl groups is 1. The zero-order chi connectivity index (χ0) is 18.8. The number of ether oxygens (including phenoxy) is 1. The number of piperidine rings is 1. The molecule has 1 saturated heterocycles. The van der Waals surface area contributed by atoms with Crippen LogP contribution in [-0.4, -0.2) is 62.4 Å². The number of hydrogen-bond donors (Lipinski definition) is 4. The Labute approximate surface area is 148 Å². The van der Waals surface area contributed by atoms with Crippen molar-refractivity contribution in [3.8, 4) is 17.2 Å². The zero-order valence-electron chi connectivity index (χ0n) is 14.1. The second-order valence-corrected chi connectivity index (χ2v) is 7.32. The molecule has 140 valence electrons. The lowest BCUT2D eigenvalue weighted by Crippen LogP contribution is -2.64. The molecule has 5 atom stereocenters. The summed E-state index contributed by atoms with van der Waals surface area (Å²) in [5, 5.41) is 44.7. The standard InChI is InChI=1S/C17H19NO4.HNO3/c1-18-5-4-17-9-2-3-11(19)16(17)22-15-13(21)7-12(20)8(14(15)17)6-10(9)18;2-1(3)4/h2-3,7,9-11,16,19-21H,4-6H2,1H3;(H,2,3,4)/t9-,10+,11-,16-,17-;/m0./s1. The molecule has 9 heteroatoms.